The molecule has 0 N–H and O–H groups in total. The minimum absolute atomic E-state index is 0.486. The maximum absolute atomic E-state index is 6.16. The van der Waals surface area contributed by atoms with Crippen molar-refractivity contribution in [3.05, 3.63) is 46.1 Å². The van der Waals surface area contributed by atoms with Gasteiger partial charge in [-0.05, 0) is 31.9 Å². The Labute approximate surface area is 116 Å². The maximum Gasteiger partial charge on any atom is 0.185 e. The third kappa shape index (κ3) is 1.79. The summed E-state index contributed by atoms with van der Waals surface area (Å²) in [6.07, 6.45) is 0. The molecule has 3 rings (SSSR count). The molecule has 2 aromatic heterocycles. The molecule has 0 saturated heterocycles. The highest BCUT2D eigenvalue weighted by Gasteiger charge is 2.15. The highest BCUT2D eigenvalue weighted by molar-refractivity contribution is 6.30. The summed E-state index contributed by atoms with van der Waals surface area (Å²) in [5, 5.41) is 13.3. The first kappa shape index (κ1) is 12.1. The van der Waals surface area contributed by atoms with Gasteiger partial charge in [-0.25, -0.2) is 0 Å². The molecule has 0 spiro atoms. The Kier molecular flexibility index (Phi) is 2.75. The van der Waals surface area contributed by atoms with E-state index in [1.54, 1.807) is 4.52 Å². The van der Waals surface area contributed by atoms with E-state index in [1.165, 1.54) is 0 Å². The smallest absolute Gasteiger partial charge is 0.185 e. The van der Waals surface area contributed by atoms with Gasteiger partial charge < -0.3 is 0 Å². The molecule has 0 saturated carbocycles. The number of aryl methyl sites for hydroxylation is 2. The fraction of sp³-hybridized carbons (Fsp3) is 0.214. The number of benzene rings is 1. The molecule has 0 radical (unpaired) electrons. The maximum atomic E-state index is 6.16. The van der Waals surface area contributed by atoms with Gasteiger partial charge in [0.2, 0.25) is 0 Å². The van der Waals surface area contributed by atoms with Crippen LogP contribution in [0.3, 0.4) is 0 Å². The molecule has 0 fully saturated rings. The number of fused-ring (bicyclic) bond motifs is 1. The molecule has 5 heteroatoms. The molecule has 0 aliphatic carbocycles. The van der Waals surface area contributed by atoms with E-state index in [0.29, 0.717) is 5.15 Å². The van der Waals surface area contributed by atoms with E-state index >= 15 is 0 Å². The third-order valence-corrected chi connectivity index (χ3v) is 3.78. The van der Waals surface area contributed by atoms with Crippen LogP contribution in [0.4, 0.5) is 0 Å². The van der Waals surface area contributed by atoms with Gasteiger partial charge in [0.15, 0.2) is 16.6 Å². The molecule has 4 nitrogen and oxygen atoms in total. The van der Waals surface area contributed by atoms with Gasteiger partial charge in [-0.2, -0.15) is 9.61 Å². The molecule has 2 heterocycles. The topological polar surface area (TPSA) is 43.1 Å². The van der Waals surface area contributed by atoms with E-state index < -0.39 is 0 Å². The molecule has 1 aromatic carbocycles. The first-order chi connectivity index (χ1) is 9.09. The average molecular weight is 273 g/mol. The van der Waals surface area contributed by atoms with Crippen molar-refractivity contribution in [1.29, 1.82) is 0 Å². The summed E-state index contributed by atoms with van der Waals surface area (Å²) in [6, 6.07) is 8.03. The number of rotatable bonds is 1. The summed E-state index contributed by atoms with van der Waals surface area (Å²) in [7, 11) is 0. The molecule has 0 unspecified atom stereocenters. The standard InChI is InChI=1S/C14H13ClN4/c1-8-6-4-5-7-11(8)14-17-16-13-10(3)9(2)12(15)18-19(13)14/h4-7H,1-3H3. The van der Waals surface area contributed by atoms with E-state index in [2.05, 4.69) is 15.3 Å². The molecule has 19 heavy (non-hydrogen) atoms. The fourth-order valence-electron chi connectivity index (χ4n) is 2.09. The van der Waals surface area contributed by atoms with Gasteiger partial charge in [0.05, 0.1) is 0 Å². The second-order valence-corrected chi connectivity index (χ2v) is 4.97. The van der Waals surface area contributed by atoms with Crippen molar-refractivity contribution >= 4 is 17.2 Å². The molecule has 3 aromatic rings. The lowest BCUT2D eigenvalue weighted by molar-refractivity contribution is 0.918. The van der Waals surface area contributed by atoms with Crippen LogP contribution in [0.2, 0.25) is 5.15 Å². The number of aromatic nitrogens is 4. The predicted molar refractivity (Wildman–Crippen MR) is 75.4 cm³/mol. The van der Waals surface area contributed by atoms with Gasteiger partial charge in [0.25, 0.3) is 0 Å². The molecular weight excluding hydrogens is 260 g/mol. The lowest BCUT2D eigenvalue weighted by atomic mass is 10.1. The Bertz CT molecular complexity index is 776. The predicted octanol–water partition coefficient (Wildman–Crippen LogP) is 3.37. The summed E-state index contributed by atoms with van der Waals surface area (Å²) in [5.41, 5.74) is 4.85. The molecule has 0 atom stereocenters. The van der Waals surface area contributed by atoms with Crippen molar-refractivity contribution in [2.75, 3.05) is 0 Å². The van der Waals surface area contributed by atoms with Crippen molar-refractivity contribution in [1.82, 2.24) is 19.8 Å². The van der Waals surface area contributed by atoms with E-state index in [1.807, 2.05) is 45.0 Å². The molecular formula is C14H13ClN4. The van der Waals surface area contributed by atoms with E-state index in [-0.39, 0.29) is 0 Å². The molecule has 96 valence electrons. The first-order valence-corrected chi connectivity index (χ1v) is 6.41. The fourth-order valence-corrected chi connectivity index (χ4v) is 2.30. The molecule has 0 aliphatic heterocycles. The molecule has 0 amide bonds. The minimum atomic E-state index is 0.486. The Morgan fingerprint density at radius 1 is 1.00 bits per heavy atom. The van der Waals surface area contributed by atoms with Crippen LogP contribution in [-0.4, -0.2) is 19.8 Å². The van der Waals surface area contributed by atoms with Crippen molar-refractivity contribution < 1.29 is 0 Å². The van der Waals surface area contributed by atoms with Gasteiger partial charge >= 0.3 is 0 Å². The SMILES string of the molecule is Cc1ccccc1-c1nnc2c(C)c(C)c(Cl)nn12. The van der Waals surface area contributed by atoms with Crippen LogP contribution >= 0.6 is 11.6 Å². The number of hydrogen-bond donors (Lipinski definition) is 0. The van der Waals surface area contributed by atoms with Gasteiger partial charge in [0.1, 0.15) is 0 Å². The zero-order chi connectivity index (χ0) is 13.6. The van der Waals surface area contributed by atoms with Crippen molar-refractivity contribution in [3.8, 4) is 11.4 Å². The highest BCUT2D eigenvalue weighted by atomic mass is 35.5. The van der Waals surface area contributed by atoms with Gasteiger partial charge in [0, 0.05) is 11.1 Å². The summed E-state index contributed by atoms with van der Waals surface area (Å²) in [6.45, 7) is 5.96. The number of halogens is 1. The second-order valence-electron chi connectivity index (χ2n) is 4.61. The average Bonchev–Trinajstić information content (AvgIpc) is 2.80. The molecule has 0 aliphatic rings. The third-order valence-electron chi connectivity index (χ3n) is 3.42. The van der Waals surface area contributed by atoms with E-state index in [0.717, 1.165) is 33.7 Å². The lowest BCUT2D eigenvalue weighted by Crippen LogP contribution is -2.00. The van der Waals surface area contributed by atoms with Crippen molar-refractivity contribution in [3.63, 3.8) is 0 Å². The lowest BCUT2D eigenvalue weighted by Gasteiger charge is -2.06. The molecule has 0 bridgehead atoms. The summed E-state index contributed by atoms with van der Waals surface area (Å²) in [4.78, 5) is 0. The number of nitrogens with zero attached hydrogens (tertiary/aromatic N) is 4. The zero-order valence-corrected chi connectivity index (χ0v) is 11.7. The first-order valence-electron chi connectivity index (χ1n) is 6.03. The summed E-state index contributed by atoms with van der Waals surface area (Å²) < 4.78 is 1.72. The van der Waals surface area contributed by atoms with Crippen LogP contribution in [0.15, 0.2) is 24.3 Å². The van der Waals surface area contributed by atoms with Crippen LogP contribution in [0, 0.1) is 20.8 Å². The van der Waals surface area contributed by atoms with E-state index in [4.69, 9.17) is 11.6 Å². The van der Waals surface area contributed by atoms with Crippen molar-refractivity contribution in [2.45, 2.75) is 20.8 Å². The van der Waals surface area contributed by atoms with Gasteiger partial charge in [-0.1, -0.05) is 35.9 Å². The Hall–Kier alpha value is -1.94. The van der Waals surface area contributed by atoms with Crippen LogP contribution < -0.4 is 0 Å². The van der Waals surface area contributed by atoms with Crippen molar-refractivity contribution in [2.24, 2.45) is 0 Å². The normalized spacial score (nSPS) is 11.2. The van der Waals surface area contributed by atoms with Crippen LogP contribution in [0.1, 0.15) is 16.7 Å². The summed E-state index contributed by atoms with van der Waals surface area (Å²) in [5.74, 6) is 0.720. The van der Waals surface area contributed by atoms with Crippen LogP contribution in [-0.2, 0) is 0 Å². The largest absolute Gasteiger partial charge is 0.191 e. The Morgan fingerprint density at radius 2 is 1.74 bits per heavy atom. The summed E-state index contributed by atoms with van der Waals surface area (Å²) >= 11 is 6.16. The van der Waals surface area contributed by atoms with Gasteiger partial charge in [-0.15, -0.1) is 10.2 Å². The highest BCUT2D eigenvalue weighted by Crippen LogP contribution is 2.25. The number of hydrogen-bond acceptors (Lipinski definition) is 3. The zero-order valence-electron chi connectivity index (χ0n) is 11.0. The van der Waals surface area contributed by atoms with Gasteiger partial charge in [-0.3, -0.25) is 0 Å². The Balaban J connectivity index is 2.36. The monoisotopic (exact) mass is 272 g/mol. The van der Waals surface area contributed by atoms with Crippen LogP contribution in [0.25, 0.3) is 17.0 Å². The minimum Gasteiger partial charge on any atom is -0.191 e. The van der Waals surface area contributed by atoms with E-state index in [9.17, 15) is 0 Å². The second kappa shape index (κ2) is 4.31. The van der Waals surface area contributed by atoms with Crippen LogP contribution in [0.5, 0.6) is 0 Å². The quantitative estimate of drug-likeness (QED) is 0.682. The Morgan fingerprint density at radius 3 is 2.47 bits per heavy atom.